The van der Waals surface area contributed by atoms with Gasteiger partial charge in [-0.25, -0.2) is 0 Å². The molecule has 0 aliphatic heterocycles. The highest BCUT2D eigenvalue weighted by molar-refractivity contribution is 7.99. The van der Waals surface area contributed by atoms with Crippen LogP contribution in [-0.2, 0) is 9.59 Å². The predicted molar refractivity (Wildman–Crippen MR) is 76.7 cm³/mol. The number of carboxylic acids is 1. The first-order chi connectivity index (χ1) is 9.58. The molecule has 0 bridgehead atoms. The van der Waals surface area contributed by atoms with Crippen LogP contribution in [-0.4, -0.2) is 35.8 Å². The van der Waals surface area contributed by atoms with Crippen molar-refractivity contribution in [3.63, 3.8) is 0 Å². The van der Waals surface area contributed by atoms with Gasteiger partial charge in [-0.1, -0.05) is 13.0 Å². The van der Waals surface area contributed by atoms with Gasteiger partial charge in [0.1, 0.15) is 12.6 Å². The molecule has 0 spiro atoms. The number of nitrogens with one attached hydrogen (secondary N) is 2. The van der Waals surface area contributed by atoms with E-state index in [2.05, 4.69) is 16.7 Å². The lowest BCUT2D eigenvalue weighted by Gasteiger charge is -2.10. The van der Waals surface area contributed by atoms with E-state index in [-0.39, 0.29) is 6.54 Å². The molecule has 6 nitrogen and oxygen atoms in total. The van der Waals surface area contributed by atoms with Crippen LogP contribution in [0.1, 0.15) is 12.5 Å². The number of hydrogen-bond acceptors (Lipinski definition) is 5. The van der Waals surface area contributed by atoms with Gasteiger partial charge in [-0.05, 0) is 17.9 Å². The Bertz CT molecular complexity index is 540. The van der Waals surface area contributed by atoms with Gasteiger partial charge in [0.25, 0.3) is 0 Å². The monoisotopic (exact) mass is 293 g/mol. The van der Waals surface area contributed by atoms with Gasteiger partial charge in [-0.2, -0.15) is 5.26 Å². The largest absolute Gasteiger partial charge is 0.480 e. The van der Waals surface area contributed by atoms with E-state index in [1.54, 1.807) is 23.9 Å². The second kappa shape index (κ2) is 8.07. The summed E-state index contributed by atoms with van der Waals surface area (Å²) in [5, 5.41) is 22.7. The summed E-state index contributed by atoms with van der Waals surface area (Å²) in [6.07, 6.45) is 0. The van der Waals surface area contributed by atoms with Gasteiger partial charge in [-0.3, -0.25) is 9.59 Å². The van der Waals surface area contributed by atoms with Crippen LogP contribution >= 0.6 is 11.8 Å². The van der Waals surface area contributed by atoms with Crippen molar-refractivity contribution >= 4 is 29.3 Å². The van der Waals surface area contributed by atoms with Crippen LogP contribution in [0.25, 0.3) is 0 Å². The minimum absolute atomic E-state index is 0.0811. The fraction of sp³-hybridized carbons (Fsp3) is 0.308. The molecule has 0 unspecified atom stereocenters. The molecule has 0 saturated carbocycles. The van der Waals surface area contributed by atoms with Crippen LogP contribution < -0.4 is 10.6 Å². The number of aliphatic carboxylic acids is 1. The van der Waals surface area contributed by atoms with Crippen LogP contribution in [0.4, 0.5) is 5.69 Å². The Balaban J connectivity index is 2.68. The zero-order chi connectivity index (χ0) is 15.0. The van der Waals surface area contributed by atoms with Crippen molar-refractivity contribution < 1.29 is 14.7 Å². The van der Waals surface area contributed by atoms with Crippen LogP contribution in [0, 0.1) is 11.3 Å². The zero-order valence-electron chi connectivity index (χ0n) is 11.0. The standard InChI is InChI=1S/C13H15N3O3S/c1-2-20-11-5-3-4-10(9(11)6-14)15-7-12(17)16-8-13(18)19/h3-5,15H,2,7-8H2,1H3,(H,16,17)(H,18,19). The molecular weight excluding hydrogens is 278 g/mol. The average Bonchev–Trinajstić information content (AvgIpc) is 2.43. The number of amides is 1. The maximum atomic E-state index is 11.4. The molecule has 1 rings (SSSR count). The van der Waals surface area contributed by atoms with E-state index in [1.807, 2.05) is 13.0 Å². The summed E-state index contributed by atoms with van der Waals surface area (Å²) in [6.45, 7) is 1.49. The summed E-state index contributed by atoms with van der Waals surface area (Å²) >= 11 is 1.55. The molecule has 7 heteroatoms. The van der Waals surface area contributed by atoms with Gasteiger partial charge in [-0.15, -0.1) is 11.8 Å². The van der Waals surface area contributed by atoms with E-state index < -0.39 is 18.4 Å². The first-order valence-electron chi connectivity index (χ1n) is 5.96. The Labute approximate surface area is 121 Å². The van der Waals surface area contributed by atoms with Crippen molar-refractivity contribution in [1.82, 2.24) is 5.32 Å². The Morgan fingerprint density at radius 3 is 2.75 bits per heavy atom. The lowest BCUT2D eigenvalue weighted by atomic mass is 10.2. The smallest absolute Gasteiger partial charge is 0.322 e. The number of anilines is 1. The van der Waals surface area contributed by atoms with Crippen molar-refractivity contribution in [3.8, 4) is 6.07 Å². The molecule has 0 heterocycles. The highest BCUT2D eigenvalue weighted by Gasteiger charge is 2.09. The van der Waals surface area contributed by atoms with Crippen molar-refractivity contribution in [2.45, 2.75) is 11.8 Å². The normalized spacial score (nSPS) is 9.60. The molecule has 20 heavy (non-hydrogen) atoms. The Morgan fingerprint density at radius 2 is 2.15 bits per heavy atom. The van der Waals surface area contributed by atoms with E-state index in [0.29, 0.717) is 11.3 Å². The molecule has 106 valence electrons. The lowest BCUT2D eigenvalue weighted by Crippen LogP contribution is -2.33. The molecule has 0 aromatic heterocycles. The molecule has 1 amide bonds. The Hall–Kier alpha value is -2.20. The van der Waals surface area contributed by atoms with Crippen LogP contribution in [0.15, 0.2) is 23.1 Å². The Morgan fingerprint density at radius 1 is 1.40 bits per heavy atom. The van der Waals surface area contributed by atoms with Gasteiger partial charge in [0.15, 0.2) is 0 Å². The zero-order valence-corrected chi connectivity index (χ0v) is 11.8. The van der Waals surface area contributed by atoms with Crippen LogP contribution in [0.3, 0.4) is 0 Å². The number of carbonyl (C=O) groups is 2. The van der Waals surface area contributed by atoms with Gasteiger partial charge >= 0.3 is 5.97 Å². The summed E-state index contributed by atoms with van der Waals surface area (Å²) < 4.78 is 0. The topological polar surface area (TPSA) is 102 Å². The molecule has 0 aliphatic carbocycles. The van der Waals surface area contributed by atoms with E-state index in [9.17, 15) is 14.9 Å². The fourth-order valence-electron chi connectivity index (χ4n) is 1.48. The number of nitrogens with zero attached hydrogens (tertiary/aromatic N) is 1. The van der Waals surface area contributed by atoms with E-state index >= 15 is 0 Å². The maximum absolute atomic E-state index is 11.4. The number of hydrogen-bond donors (Lipinski definition) is 3. The van der Waals surface area contributed by atoms with Crippen molar-refractivity contribution in [1.29, 1.82) is 5.26 Å². The summed E-state index contributed by atoms with van der Waals surface area (Å²) in [4.78, 5) is 22.6. The minimum Gasteiger partial charge on any atom is -0.480 e. The molecular formula is C13H15N3O3S. The Kier molecular flexibility index (Phi) is 6.40. The first kappa shape index (κ1) is 15.9. The van der Waals surface area contributed by atoms with Gasteiger partial charge in [0.2, 0.25) is 5.91 Å². The van der Waals surface area contributed by atoms with Gasteiger partial charge in [0, 0.05) is 4.90 Å². The number of carbonyl (C=O) groups excluding carboxylic acids is 1. The van der Waals surface area contributed by atoms with E-state index in [4.69, 9.17) is 5.11 Å². The molecule has 3 N–H and O–H groups in total. The number of nitriles is 1. The molecule has 0 fully saturated rings. The second-order valence-corrected chi connectivity index (χ2v) is 5.05. The summed E-state index contributed by atoms with van der Waals surface area (Å²) in [7, 11) is 0. The highest BCUT2D eigenvalue weighted by Crippen LogP contribution is 2.27. The minimum atomic E-state index is -1.10. The summed E-state index contributed by atoms with van der Waals surface area (Å²) in [5.41, 5.74) is 1.06. The average molecular weight is 293 g/mol. The van der Waals surface area contributed by atoms with E-state index in [0.717, 1.165) is 10.6 Å². The number of benzene rings is 1. The van der Waals surface area contributed by atoms with E-state index in [1.165, 1.54) is 0 Å². The highest BCUT2D eigenvalue weighted by atomic mass is 32.2. The third kappa shape index (κ3) is 4.82. The summed E-state index contributed by atoms with van der Waals surface area (Å²) in [6, 6.07) is 7.48. The molecule has 0 saturated heterocycles. The molecule has 0 aliphatic rings. The maximum Gasteiger partial charge on any atom is 0.322 e. The van der Waals surface area contributed by atoms with Gasteiger partial charge < -0.3 is 15.7 Å². The van der Waals surface area contributed by atoms with Crippen molar-refractivity contribution in [2.24, 2.45) is 0 Å². The van der Waals surface area contributed by atoms with Crippen molar-refractivity contribution in [2.75, 3.05) is 24.2 Å². The quantitative estimate of drug-likeness (QED) is 0.655. The number of carboxylic acid groups (broad SMARTS) is 1. The van der Waals surface area contributed by atoms with Crippen molar-refractivity contribution in [3.05, 3.63) is 23.8 Å². The first-order valence-corrected chi connectivity index (χ1v) is 6.95. The molecule has 1 aromatic carbocycles. The second-order valence-electron chi connectivity index (χ2n) is 3.75. The molecule has 0 radical (unpaired) electrons. The SMILES string of the molecule is CCSc1cccc(NCC(=O)NCC(=O)O)c1C#N. The third-order valence-corrected chi connectivity index (χ3v) is 3.25. The fourth-order valence-corrected chi connectivity index (χ4v) is 2.27. The predicted octanol–water partition coefficient (Wildman–Crippen LogP) is 1.28. The summed E-state index contributed by atoms with van der Waals surface area (Å²) in [5.74, 6) is -0.695. The molecule has 1 aromatic rings. The van der Waals surface area contributed by atoms with Crippen LogP contribution in [0.5, 0.6) is 0 Å². The molecule has 0 atom stereocenters. The third-order valence-electron chi connectivity index (χ3n) is 2.31. The number of rotatable bonds is 7. The van der Waals surface area contributed by atoms with Gasteiger partial charge in [0.05, 0.1) is 17.8 Å². The number of thioether (sulfide) groups is 1. The van der Waals surface area contributed by atoms with Crippen LogP contribution in [0.2, 0.25) is 0 Å². The lowest BCUT2D eigenvalue weighted by molar-refractivity contribution is -0.137.